The maximum Gasteiger partial charge on any atom is 0.408 e. The maximum atomic E-state index is 10.9. The summed E-state index contributed by atoms with van der Waals surface area (Å²) in [6.45, 7) is 1.94. The third kappa shape index (κ3) is 2.43. The van der Waals surface area contributed by atoms with Crippen molar-refractivity contribution in [3.8, 4) is 0 Å². The number of rotatable bonds is 3. The van der Waals surface area contributed by atoms with Gasteiger partial charge in [0.05, 0.1) is 6.54 Å². The Hall–Kier alpha value is -1.14. The zero-order valence-electron chi connectivity index (χ0n) is 8.14. The van der Waals surface area contributed by atoms with Crippen molar-refractivity contribution in [1.29, 1.82) is 0 Å². The molecule has 2 N–H and O–H groups in total. The van der Waals surface area contributed by atoms with Gasteiger partial charge in [0, 0.05) is 19.6 Å². The molecule has 1 amide bonds. The van der Waals surface area contributed by atoms with Gasteiger partial charge in [-0.3, -0.25) is 9.80 Å². The first-order valence-corrected chi connectivity index (χ1v) is 4.51. The normalized spacial score (nSPS) is 22.4. The van der Waals surface area contributed by atoms with Gasteiger partial charge in [0.1, 0.15) is 12.5 Å². The Kier molecular flexibility index (Phi) is 3.84. The number of carbonyl (C=O) groups excluding carboxylic acids is 1. The number of hydrogen-bond acceptors (Lipinski definition) is 4. The molecule has 0 aromatic carbocycles. The van der Waals surface area contributed by atoms with Crippen LogP contribution in [0.3, 0.4) is 0 Å². The summed E-state index contributed by atoms with van der Waals surface area (Å²) in [5, 5.41) is 12.0. The largest absolute Gasteiger partial charge is 0.465 e. The molecule has 1 fully saturated rings. The minimum absolute atomic E-state index is 0.244. The molecule has 0 aliphatic carbocycles. The molecule has 0 unspecified atom stereocenters. The zero-order chi connectivity index (χ0) is 10.6. The number of piperazine rings is 1. The van der Waals surface area contributed by atoms with E-state index in [1.165, 1.54) is 4.90 Å². The fraction of sp³-hybridized carbons (Fsp3) is 0.750. The second-order valence-electron chi connectivity index (χ2n) is 3.27. The van der Waals surface area contributed by atoms with Gasteiger partial charge < -0.3 is 15.2 Å². The number of carbonyl (C=O) groups is 2. The standard InChI is InChI=1S/C8H15N3O3/c1-10(4-5-12)7-6-9-2-3-11(7)8(13)14/h5,7,9H,2-4,6H2,1H3,(H,13,14)/t7-/m1/s1. The topological polar surface area (TPSA) is 72.9 Å². The summed E-state index contributed by atoms with van der Waals surface area (Å²) in [6.07, 6.45) is -0.407. The van der Waals surface area contributed by atoms with E-state index >= 15 is 0 Å². The van der Waals surface area contributed by atoms with Gasteiger partial charge in [-0.15, -0.1) is 0 Å². The number of nitrogens with zero attached hydrogens (tertiary/aromatic N) is 2. The first-order chi connectivity index (χ1) is 6.66. The van der Waals surface area contributed by atoms with Crippen LogP contribution in [0.2, 0.25) is 0 Å². The molecular weight excluding hydrogens is 186 g/mol. The number of hydrogen-bond donors (Lipinski definition) is 2. The second kappa shape index (κ2) is 4.92. The van der Waals surface area contributed by atoms with Crippen molar-refractivity contribution in [1.82, 2.24) is 15.1 Å². The first kappa shape index (κ1) is 10.9. The van der Waals surface area contributed by atoms with Crippen LogP contribution in [-0.4, -0.2) is 66.7 Å². The molecule has 14 heavy (non-hydrogen) atoms. The van der Waals surface area contributed by atoms with Crippen molar-refractivity contribution in [3.63, 3.8) is 0 Å². The van der Waals surface area contributed by atoms with Gasteiger partial charge in [-0.05, 0) is 7.05 Å². The summed E-state index contributed by atoms with van der Waals surface area (Å²) < 4.78 is 0. The quantitative estimate of drug-likeness (QED) is 0.574. The number of amides is 1. The van der Waals surface area contributed by atoms with E-state index in [4.69, 9.17) is 5.11 Å². The third-order valence-corrected chi connectivity index (χ3v) is 2.33. The van der Waals surface area contributed by atoms with E-state index in [1.54, 1.807) is 11.9 Å². The monoisotopic (exact) mass is 201 g/mol. The fourth-order valence-electron chi connectivity index (χ4n) is 1.55. The Bertz CT molecular complexity index is 222. The highest BCUT2D eigenvalue weighted by molar-refractivity contribution is 5.65. The molecule has 0 radical (unpaired) electrons. The van der Waals surface area contributed by atoms with Crippen LogP contribution in [0, 0.1) is 0 Å². The molecule has 1 heterocycles. The molecule has 1 rings (SSSR count). The maximum absolute atomic E-state index is 10.9. The molecule has 1 aliphatic heterocycles. The van der Waals surface area contributed by atoms with Crippen molar-refractivity contribution in [2.24, 2.45) is 0 Å². The third-order valence-electron chi connectivity index (χ3n) is 2.33. The number of aldehydes is 1. The van der Waals surface area contributed by atoms with Gasteiger partial charge in [-0.2, -0.15) is 0 Å². The molecule has 1 aliphatic rings. The minimum Gasteiger partial charge on any atom is -0.465 e. The highest BCUT2D eigenvalue weighted by atomic mass is 16.4. The van der Waals surface area contributed by atoms with Crippen LogP contribution in [0.4, 0.5) is 4.79 Å². The van der Waals surface area contributed by atoms with Crippen LogP contribution in [-0.2, 0) is 4.79 Å². The molecule has 80 valence electrons. The molecule has 0 aromatic rings. The second-order valence-corrected chi connectivity index (χ2v) is 3.27. The minimum atomic E-state index is -0.936. The van der Waals surface area contributed by atoms with Gasteiger partial charge in [-0.1, -0.05) is 0 Å². The molecule has 0 spiro atoms. The van der Waals surface area contributed by atoms with Gasteiger partial charge in [0.15, 0.2) is 0 Å². The van der Waals surface area contributed by atoms with E-state index in [9.17, 15) is 9.59 Å². The van der Waals surface area contributed by atoms with Gasteiger partial charge in [0.25, 0.3) is 0 Å². The Balaban J connectivity index is 2.61. The smallest absolute Gasteiger partial charge is 0.408 e. The molecule has 1 saturated heterocycles. The molecule has 0 saturated carbocycles. The lowest BCUT2D eigenvalue weighted by atomic mass is 10.3. The summed E-state index contributed by atoms with van der Waals surface area (Å²) >= 11 is 0. The number of nitrogens with one attached hydrogen (secondary N) is 1. The lowest BCUT2D eigenvalue weighted by molar-refractivity contribution is -0.110. The van der Waals surface area contributed by atoms with Crippen molar-refractivity contribution in [2.75, 3.05) is 33.2 Å². The first-order valence-electron chi connectivity index (χ1n) is 4.51. The summed E-state index contributed by atoms with van der Waals surface area (Å²) in [5.74, 6) is 0. The average molecular weight is 201 g/mol. The summed E-state index contributed by atoms with van der Waals surface area (Å²) in [6, 6.07) is 0. The average Bonchev–Trinajstić information content (AvgIpc) is 2.18. The highest BCUT2D eigenvalue weighted by Gasteiger charge is 2.28. The molecule has 0 aromatic heterocycles. The molecule has 0 bridgehead atoms. The van der Waals surface area contributed by atoms with Crippen molar-refractivity contribution < 1.29 is 14.7 Å². The molecular formula is C8H15N3O3. The number of carboxylic acid groups (broad SMARTS) is 1. The van der Waals surface area contributed by atoms with Gasteiger partial charge >= 0.3 is 6.09 Å². The van der Waals surface area contributed by atoms with Crippen LogP contribution >= 0.6 is 0 Å². The van der Waals surface area contributed by atoms with E-state index in [1.807, 2.05) is 0 Å². The van der Waals surface area contributed by atoms with E-state index in [0.717, 1.165) is 6.29 Å². The lowest BCUT2D eigenvalue weighted by Crippen LogP contribution is -2.59. The van der Waals surface area contributed by atoms with E-state index in [0.29, 0.717) is 19.6 Å². The van der Waals surface area contributed by atoms with Crippen molar-refractivity contribution in [3.05, 3.63) is 0 Å². The summed E-state index contributed by atoms with van der Waals surface area (Å²) in [5.41, 5.74) is 0. The van der Waals surface area contributed by atoms with E-state index in [-0.39, 0.29) is 12.7 Å². The molecule has 6 nitrogen and oxygen atoms in total. The summed E-state index contributed by atoms with van der Waals surface area (Å²) in [7, 11) is 1.74. The van der Waals surface area contributed by atoms with E-state index < -0.39 is 6.09 Å². The van der Waals surface area contributed by atoms with Crippen LogP contribution in [0.1, 0.15) is 0 Å². The predicted molar refractivity (Wildman–Crippen MR) is 50.1 cm³/mol. The molecule has 6 heteroatoms. The Morgan fingerprint density at radius 1 is 1.79 bits per heavy atom. The molecule has 1 atom stereocenters. The fourth-order valence-corrected chi connectivity index (χ4v) is 1.55. The van der Waals surface area contributed by atoms with Crippen LogP contribution in [0.25, 0.3) is 0 Å². The van der Waals surface area contributed by atoms with Crippen LogP contribution in [0.15, 0.2) is 0 Å². The lowest BCUT2D eigenvalue weighted by Gasteiger charge is -2.38. The van der Waals surface area contributed by atoms with Gasteiger partial charge in [0.2, 0.25) is 0 Å². The van der Waals surface area contributed by atoms with Crippen molar-refractivity contribution >= 4 is 12.4 Å². The number of likely N-dealkylation sites (N-methyl/N-ethyl adjacent to an activating group) is 1. The summed E-state index contributed by atoms with van der Waals surface area (Å²) in [4.78, 5) is 24.2. The zero-order valence-corrected chi connectivity index (χ0v) is 8.14. The van der Waals surface area contributed by atoms with Crippen LogP contribution < -0.4 is 5.32 Å². The van der Waals surface area contributed by atoms with E-state index in [2.05, 4.69) is 5.32 Å². The highest BCUT2D eigenvalue weighted by Crippen LogP contribution is 2.06. The Labute approximate surface area is 82.5 Å². The SMILES string of the molecule is CN(CC=O)[C@H]1CNCCN1C(=O)O. The van der Waals surface area contributed by atoms with Crippen molar-refractivity contribution in [2.45, 2.75) is 6.17 Å². The van der Waals surface area contributed by atoms with Gasteiger partial charge in [-0.25, -0.2) is 4.79 Å². The Morgan fingerprint density at radius 3 is 3.07 bits per heavy atom. The predicted octanol–water partition coefficient (Wildman–Crippen LogP) is -0.974. The Morgan fingerprint density at radius 2 is 2.50 bits per heavy atom. The van der Waals surface area contributed by atoms with Crippen LogP contribution in [0.5, 0.6) is 0 Å².